The number of carbonyl (C=O) groups excluding carboxylic acids is 1. The molecule has 4 heteroatoms. The Morgan fingerprint density at radius 3 is 2.93 bits per heavy atom. The van der Waals surface area contributed by atoms with E-state index in [9.17, 15) is 4.79 Å². The van der Waals surface area contributed by atoms with E-state index in [1.807, 2.05) is 25.8 Å². The molecule has 1 rings (SSSR count). The van der Waals surface area contributed by atoms with Crippen molar-refractivity contribution in [2.75, 3.05) is 26.7 Å². The van der Waals surface area contributed by atoms with E-state index in [0.29, 0.717) is 13.0 Å². The Hall–Kier alpha value is -0.610. The van der Waals surface area contributed by atoms with Gasteiger partial charge in [0.2, 0.25) is 5.91 Å². The van der Waals surface area contributed by atoms with Gasteiger partial charge in [0, 0.05) is 13.0 Å². The van der Waals surface area contributed by atoms with Crippen molar-refractivity contribution in [3.8, 4) is 0 Å². The van der Waals surface area contributed by atoms with Crippen molar-refractivity contribution in [2.24, 2.45) is 0 Å². The maximum absolute atomic E-state index is 11.9. The average Bonchev–Trinajstić information content (AvgIpc) is 2.22. The average molecular weight is 214 g/mol. The van der Waals surface area contributed by atoms with E-state index in [4.69, 9.17) is 4.74 Å². The lowest BCUT2D eigenvalue weighted by Gasteiger charge is -2.36. The maximum Gasteiger partial charge on any atom is 0.223 e. The number of hydrogen-bond acceptors (Lipinski definition) is 3. The third-order valence-electron chi connectivity index (χ3n) is 2.75. The van der Waals surface area contributed by atoms with E-state index in [2.05, 4.69) is 5.32 Å². The molecule has 1 aliphatic rings. The highest BCUT2D eigenvalue weighted by Gasteiger charge is 2.26. The van der Waals surface area contributed by atoms with Crippen molar-refractivity contribution >= 4 is 5.91 Å². The molecule has 0 aromatic heterocycles. The highest BCUT2D eigenvalue weighted by atomic mass is 16.5. The molecule has 1 aliphatic heterocycles. The molecule has 1 saturated heterocycles. The summed E-state index contributed by atoms with van der Waals surface area (Å²) in [4.78, 5) is 13.8. The number of rotatable bonds is 4. The van der Waals surface area contributed by atoms with E-state index in [1.54, 1.807) is 0 Å². The molecule has 0 aromatic rings. The molecule has 0 spiro atoms. The minimum atomic E-state index is 0.175. The second-order valence-corrected chi connectivity index (χ2v) is 4.25. The van der Waals surface area contributed by atoms with E-state index < -0.39 is 0 Å². The fourth-order valence-corrected chi connectivity index (χ4v) is 1.81. The van der Waals surface area contributed by atoms with Crippen LogP contribution in [0.25, 0.3) is 0 Å². The van der Waals surface area contributed by atoms with Crippen molar-refractivity contribution in [1.29, 1.82) is 0 Å². The summed E-state index contributed by atoms with van der Waals surface area (Å²) in [5.41, 5.74) is 0. The van der Waals surface area contributed by atoms with Crippen LogP contribution in [0, 0.1) is 0 Å². The Morgan fingerprint density at radius 2 is 2.27 bits per heavy atom. The molecular formula is C11H22N2O2. The minimum absolute atomic E-state index is 0.175. The summed E-state index contributed by atoms with van der Waals surface area (Å²) in [6.45, 7) is 6.36. The van der Waals surface area contributed by atoms with E-state index >= 15 is 0 Å². The lowest BCUT2D eigenvalue weighted by atomic mass is 10.1. The molecule has 15 heavy (non-hydrogen) atoms. The summed E-state index contributed by atoms with van der Waals surface area (Å²) in [6, 6.07) is 0.225. The topological polar surface area (TPSA) is 41.6 Å². The number of hydrogen-bond donors (Lipinski definition) is 1. The first kappa shape index (κ1) is 12.5. The Morgan fingerprint density at radius 1 is 1.53 bits per heavy atom. The zero-order chi connectivity index (χ0) is 11.3. The summed E-state index contributed by atoms with van der Waals surface area (Å²) in [5, 5.41) is 3.05. The van der Waals surface area contributed by atoms with Gasteiger partial charge in [0.15, 0.2) is 0 Å². The van der Waals surface area contributed by atoms with Crippen molar-refractivity contribution < 1.29 is 9.53 Å². The van der Waals surface area contributed by atoms with Crippen LogP contribution in [0.15, 0.2) is 0 Å². The van der Waals surface area contributed by atoms with E-state index in [0.717, 1.165) is 19.5 Å². The van der Waals surface area contributed by atoms with Gasteiger partial charge in [-0.05, 0) is 33.9 Å². The highest BCUT2D eigenvalue weighted by Crippen LogP contribution is 2.13. The quantitative estimate of drug-likeness (QED) is 0.698. The second kappa shape index (κ2) is 6.08. The van der Waals surface area contributed by atoms with Gasteiger partial charge in [-0.1, -0.05) is 0 Å². The monoisotopic (exact) mass is 214 g/mol. The minimum Gasteiger partial charge on any atom is -0.375 e. The standard InChI is InChI=1S/C11H22N2O2/c1-9-8-15-10(2)7-13(9)11(14)5-4-6-12-3/h9-10,12H,4-8H2,1-3H3. The normalized spacial score (nSPS) is 26.7. The number of nitrogens with zero attached hydrogens (tertiary/aromatic N) is 1. The second-order valence-electron chi connectivity index (χ2n) is 4.25. The molecule has 1 fully saturated rings. The van der Waals surface area contributed by atoms with Gasteiger partial charge in [0.25, 0.3) is 0 Å². The van der Waals surface area contributed by atoms with E-state index in [-0.39, 0.29) is 18.1 Å². The Kier molecular flexibility index (Phi) is 5.05. The molecular weight excluding hydrogens is 192 g/mol. The zero-order valence-electron chi connectivity index (χ0n) is 9.95. The largest absolute Gasteiger partial charge is 0.375 e. The summed E-state index contributed by atoms with van der Waals surface area (Å²) < 4.78 is 5.49. The fraction of sp³-hybridized carbons (Fsp3) is 0.909. The van der Waals surface area contributed by atoms with Gasteiger partial charge in [-0.25, -0.2) is 0 Å². The van der Waals surface area contributed by atoms with Crippen LogP contribution in [0.2, 0.25) is 0 Å². The van der Waals surface area contributed by atoms with Crippen LogP contribution in [-0.2, 0) is 9.53 Å². The molecule has 1 amide bonds. The van der Waals surface area contributed by atoms with Crippen LogP contribution in [-0.4, -0.2) is 49.7 Å². The van der Waals surface area contributed by atoms with Gasteiger partial charge in [-0.3, -0.25) is 4.79 Å². The number of nitrogens with one attached hydrogen (secondary N) is 1. The first-order valence-corrected chi connectivity index (χ1v) is 5.70. The third kappa shape index (κ3) is 3.80. The molecule has 4 nitrogen and oxygen atoms in total. The third-order valence-corrected chi connectivity index (χ3v) is 2.75. The number of morpholine rings is 1. The van der Waals surface area contributed by atoms with Crippen LogP contribution in [0.1, 0.15) is 26.7 Å². The van der Waals surface area contributed by atoms with Gasteiger partial charge in [-0.15, -0.1) is 0 Å². The summed E-state index contributed by atoms with van der Waals surface area (Å²) in [7, 11) is 1.91. The predicted octanol–water partition coefficient (Wildman–Crippen LogP) is 0.622. The fourth-order valence-electron chi connectivity index (χ4n) is 1.81. The van der Waals surface area contributed by atoms with Gasteiger partial charge >= 0.3 is 0 Å². The van der Waals surface area contributed by atoms with Crippen LogP contribution in [0.3, 0.4) is 0 Å². The Bertz CT molecular complexity index is 209. The van der Waals surface area contributed by atoms with Gasteiger partial charge in [-0.2, -0.15) is 0 Å². The SMILES string of the molecule is CNCCCC(=O)N1CC(C)OCC1C. The Balaban J connectivity index is 2.35. The lowest BCUT2D eigenvalue weighted by molar-refractivity contribution is -0.143. The summed E-state index contributed by atoms with van der Waals surface area (Å²) in [6.07, 6.45) is 1.72. The summed E-state index contributed by atoms with van der Waals surface area (Å²) >= 11 is 0. The van der Waals surface area contributed by atoms with Crippen molar-refractivity contribution in [1.82, 2.24) is 10.2 Å². The predicted molar refractivity (Wildman–Crippen MR) is 59.7 cm³/mol. The van der Waals surface area contributed by atoms with Crippen LogP contribution in [0.4, 0.5) is 0 Å². The van der Waals surface area contributed by atoms with Crippen molar-refractivity contribution in [2.45, 2.75) is 38.8 Å². The number of carbonyl (C=O) groups is 1. The molecule has 0 bridgehead atoms. The van der Waals surface area contributed by atoms with Crippen molar-refractivity contribution in [3.63, 3.8) is 0 Å². The number of ether oxygens (including phenoxy) is 1. The molecule has 88 valence electrons. The maximum atomic E-state index is 11.9. The molecule has 1 N–H and O–H groups in total. The highest BCUT2D eigenvalue weighted by molar-refractivity contribution is 5.76. The van der Waals surface area contributed by atoms with Crippen LogP contribution in [0.5, 0.6) is 0 Å². The first-order valence-electron chi connectivity index (χ1n) is 5.70. The molecule has 0 aromatic carbocycles. The first-order chi connectivity index (χ1) is 7.15. The molecule has 0 saturated carbocycles. The molecule has 0 aliphatic carbocycles. The molecule has 2 unspecified atom stereocenters. The van der Waals surface area contributed by atoms with Crippen molar-refractivity contribution in [3.05, 3.63) is 0 Å². The number of amides is 1. The molecule has 1 heterocycles. The molecule has 2 atom stereocenters. The lowest BCUT2D eigenvalue weighted by Crippen LogP contribution is -2.50. The van der Waals surface area contributed by atoms with Crippen LogP contribution < -0.4 is 5.32 Å². The molecule has 0 radical (unpaired) electrons. The van der Waals surface area contributed by atoms with Gasteiger partial charge in [0.05, 0.1) is 18.8 Å². The van der Waals surface area contributed by atoms with Gasteiger partial charge < -0.3 is 15.0 Å². The van der Waals surface area contributed by atoms with Gasteiger partial charge in [0.1, 0.15) is 0 Å². The smallest absolute Gasteiger partial charge is 0.223 e. The summed E-state index contributed by atoms with van der Waals surface area (Å²) in [5.74, 6) is 0.257. The van der Waals surface area contributed by atoms with Crippen LogP contribution >= 0.6 is 0 Å². The zero-order valence-corrected chi connectivity index (χ0v) is 9.95. The van der Waals surface area contributed by atoms with E-state index in [1.165, 1.54) is 0 Å². The Labute approximate surface area is 92.0 Å².